The monoisotopic (exact) mass is 397 g/mol. The molecule has 2 aliphatic rings. The van der Waals surface area contributed by atoms with Crippen molar-refractivity contribution in [1.82, 2.24) is 14.5 Å². The molecule has 1 saturated carbocycles. The Labute approximate surface area is 160 Å². The molecule has 2 fully saturated rings. The molecule has 1 heterocycles. The van der Waals surface area contributed by atoms with Crippen molar-refractivity contribution in [3.05, 3.63) is 30.1 Å². The first-order valence-electron chi connectivity index (χ1n) is 9.72. The van der Waals surface area contributed by atoms with Gasteiger partial charge in [-0.3, -0.25) is 9.69 Å². The first-order chi connectivity index (χ1) is 13.0. The minimum absolute atomic E-state index is 0.122. The van der Waals surface area contributed by atoms with Crippen LogP contribution >= 0.6 is 0 Å². The highest BCUT2D eigenvalue weighted by molar-refractivity contribution is 7.89. The maximum absolute atomic E-state index is 13.0. The van der Waals surface area contributed by atoms with E-state index in [2.05, 4.69) is 10.2 Å². The number of halogens is 1. The van der Waals surface area contributed by atoms with Crippen molar-refractivity contribution in [2.45, 2.75) is 37.0 Å². The summed E-state index contributed by atoms with van der Waals surface area (Å²) < 4.78 is 39.7. The van der Waals surface area contributed by atoms with E-state index in [0.29, 0.717) is 32.7 Å². The molecular formula is C19H28FN3O3S. The molecule has 3 rings (SSSR count). The molecule has 1 aliphatic heterocycles. The second-order valence-corrected chi connectivity index (χ2v) is 9.26. The number of hydrogen-bond acceptors (Lipinski definition) is 4. The van der Waals surface area contributed by atoms with Gasteiger partial charge in [-0.25, -0.2) is 12.8 Å². The number of sulfonamides is 1. The van der Waals surface area contributed by atoms with Crippen molar-refractivity contribution >= 4 is 15.9 Å². The van der Waals surface area contributed by atoms with Crippen LogP contribution in [0, 0.1) is 11.7 Å². The van der Waals surface area contributed by atoms with Gasteiger partial charge in [0.25, 0.3) is 0 Å². The van der Waals surface area contributed by atoms with E-state index in [1.54, 1.807) is 0 Å². The molecule has 150 valence electrons. The quantitative estimate of drug-likeness (QED) is 0.795. The Balaban J connectivity index is 1.42. The average Bonchev–Trinajstić information content (AvgIpc) is 2.69. The molecule has 0 radical (unpaired) electrons. The minimum Gasteiger partial charge on any atom is -0.355 e. The summed E-state index contributed by atoms with van der Waals surface area (Å²) in [6, 6.07) is 4.94. The second kappa shape index (κ2) is 9.12. The minimum atomic E-state index is -3.58. The Morgan fingerprint density at radius 3 is 2.30 bits per heavy atom. The summed E-state index contributed by atoms with van der Waals surface area (Å²) in [7, 11) is -3.58. The Morgan fingerprint density at radius 1 is 1.04 bits per heavy atom. The standard InChI is InChI=1S/C19H28FN3O3S/c20-17-6-8-18(9-7-17)27(25,26)23-14-12-22(13-15-23)11-10-21-19(24)16-4-2-1-3-5-16/h6-9,16H,1-5,10-15H2,(H,21,24). The van der Waals surface area contributed by atoms with Crippen LogP contribution in [-0.4, -0.2) is 62.8 Å². The van der Waals surface area contributed by atoms with Gasteiger partial charge in [0.05, 0.1) is 4.90 Å². The van der Waals surface area contributed by atoms with Gasteiger partial charge in [0, 0.05) is 45.2 Å². The molecule has 0 aromatic heterocycles. The molecule has 1 amide bonds. The van der Waals surface area contributed by atoms with E-state index in [-0.39, 0.29) is 16.7 Å². The van der Waals surface area contributed by atoms with Crippen LogP contribution in [0.15, 0.2) is 29.2 Å². The number of nitrogens with one attached hydrogen (secondary N) is 1. The van der Waals surface area contributed by atoms with Crippen molar-refractivity contribution in [3.63, 3.8) is 0 Å². The number of amides is 1. The summed E-state index contributed by atoms with van der Waals surface area (Å²) in [5, 5.41) is 3.02. The van der Waals surface area contributed by atoms with Crippen LogP contribution < -0.4 is 5.32 Å². The topological polar surface area (TPSA) is 69.7 Å². The normalized spacial score (nSPS) is 20.5. The molecule has 8 heteroatoms. The van der Waals surface area contributed by atoms with E-state index in [1.165, 1.54) is 22.9 Å². The lowest BCUT2D eigenvalue weighted by Gasteiger charge is -2.34. The van der Waals surface area contributed by atoms with E-state index in [4.69, 9.17) is 0 Å². The smallest absolute Gasteiger partial charge is 0.243 e. The summed E-state index contributed by atoms with van der Waals surface area (Å²) >= 11 is 0. The highest BCUT2D eigenvalue weighted by atomic mass is 32.2. The lowest BCUT2D eigenvalue weighted by atomic mass is 9.89. The van der Waals surface area contributed by atoms with Gasteiger partial charge in [0.1, 0.15) is 5.82 Å². The van der Waals surface area contributed by atoms with Crippen molar-refractivity contribution in [2.75, 3.05) is 39.3 Å². The summed E-state index contributed by atoms with van der Waals surface area (Å²) in [6.45, 7) is 3.37. The molecule has 6 nitrogen and oxygen atoms in total. The Kier molecular flexibility index (Phi) is 6.83. The molecule has 1 aromatic rings. The van der Waals surface area contributed by atoms with E-state index in [1.807, 2.05) is 0 Å². The van der Waals surface area contributed by atoms with E-state index in [0.717, 1.165) is 44.4 Å². The van der Waals surface area contributed by atoms with Crippen LogP contribution in [0.1, 0.15) is 32.1 Å². The van der Waals surface area contributed by atoms with E-state index in [9.17, 15) is 17.6 Å². The molecule has 0 spiro atoms. The van der Waals surface area contributed by atoms with Gasteiger partial charge >= 0.3 is 0 Å². The van der Waals surface area contributed by atoms with Gasteiger partial charge in [-0.1, -0.05) is 19.3 Å². The predicted octanol–water partition coefficient (Wildman–Crippen LogP) is 1.83. The van der Waals surface area contributed by atoms with E-state index < -0.39 is 15.8 Å². The maximum atomic E-state index is 13.0. The molecule has 27 heavy (non-hydrogen) atoms. The fourth-order valence-corrected chi connectivity index (χ4v) is 5.22. The molecule has 1 aliphatic carbocycles. The van der Waals surface area contributed by atoms with Crippen molar-refractivity contribution < 1.29 is 17.6 Å². The fraction of sp³-hybridized carbons (Fsp3) is 0.632. The van der Waals surface area contributed by atoms with Crippen LogP contribution in [0.25, 0.3) is 0 Å². The van der Waals surface area contributed by atoms with Crippen LogP contribution in [0.2, 0.25) is 0 Å². The molecule has 0 bridgehead atoms. The van der Waals surface area contributed by atoms with Gasteiger partial charge in [0.2, 0.25) is 15.9 Å². The van der Waals surface area contributed by atoms with Gasteiger partial charge in [0.15, 0.2) is 0 Å². The Bertz CT molecular complexity index is 725. The fourth-order valence-electron chi connectivity index (χ4n) is 3.80. The zero-order chi connectivity index (χ0) is 19.3. The Morgan fingerprint density at radius 2 is 1.67 bits per heavy atom. The molecule has 1 N–H and O–H groups in total. The lowest BCUT2D eigenvalue weighted by molar-refractivity contribution is -0.125. The molecule has 1 aromatic carbocycles. The van der Waals surface area contributed by atoms with Crippen LogP contribution in [-0.2, 0) is 14.8 Å². The first kappa shape index (κ1) is 20.2. The summed E-state index contributed by atoms with van der Waals surface area (Å²) in [4.78, 5) is 14.4. The third kappa shape index (κ3) is 5.27. The van der Waals surface area contributed by atoms with Crippen LogP contribution in [0.3, 0.4) is 0 Å². The number of carbonyl (C=O) groups is 1. The highest BCUT2D eigenvalue weighted by Crippen LogP contribution is 2.23. The summed E-state index contributed by atoms with van der Waals surface area (Å²) in [6.07, 6.45) is 5.50. The lowest BCUT2D eigenvalue weighted by Crippen LogP contribution is -2.50. The predicted molar refractivity (Wildman–Crippen MR) is 101 cm³/mol. The maximum Gasteiger partial charge on any atom is 0.243 e. The number of hydrogen-bond donors (Lipinski definition) is 1. The van der Waals surface area contributed by atoms with Gasteiger partial charge in [-0.05, 0) is 37.1 Å². The first-order valence-corrected chi connectivity index (χ1v) is 11.2. The SMILES string of the molecule is O=C(NCCN1CCN(S(=O)(=O)c2ccc(F)cc2)CC1)C1CCCCC1. The van der Waals surface area contributed by atoms with Crippen LogP contribution in [0.4, 0.5) is 4.39 Å². The van der Waals surface area contributed by atoms with E-state index >= 15 is 0 Å². The molecular weight excluding hydrogens is 369 g/mol. The molecule has 0 unspecified atom stereocenters. The summed E-state index contributed by atoms with van der Waals surface area (Å²) in [5.41, 5.74) is 0. The summed E-state index contributed by atoms with van der Waals surface area (Å²) in [5.74, 6) is -0.127. The van der Waals surface area contributed by atoms with Crippen molar-refractivity contribution in [3.8, 4) is 0 Å². The third-order valence-corrected chi connectivity index (χ3v) is 7.40. The second-order valence-electron chi connectivity index (χ2n) is 7.33. The van der Waals surface area contributed by atoms with Crippen molar-refractivity contribution in [1.29, 1.82) is 0 Å². The number of rotatable bonds is 6. The van der Waals surface area contributed by atoms with Gasteiger partial charge < -0.3 is 5.32 Å². The molecule has 1 saturated heterocycles. The average molecular weight is 398 g/mol. The van der Waals surface area contributed by atoms with Crippen molar-refractivity contribution in [2.24, 2.45) is 5.92 Å². The Hall–Kier alpha value is -1.51. The number of piperazine rings is 1. The zero-order valence-electron chi connectivity index (χ0n) is 15.6. The number of nitrogens with zero attached hydrogens (tertiary/aromatic N) is 2. The number of carbonyl (C=O) groups excluding carboxylic acids is 1. The van der Waals surface area contributed by atoms with Gasteiger partial charge in [-0.15, -0.1) is 0 Å². The van der Waals surface area contributed by atoms with Crippen LogP contribution in [0.5, 0.6) is 0 Å². The molecule has 0 atom stereocenters. The third-order valence-electron chi connectivity index (χ3n) is 5.49. The zero-order valence-corrected chi connectivity index (χ0v) is 16.4. The van der Waals surface area contributed by atoms with Gasteiger partial charge in [-0.2, -0.15) is 4.31 Å². The highest BCUT2D eigenvalue weighted by Gasteiger charge is 2.28. The number of benzene rings is 1. The largest absolute Gasteiger partial charge is 0.355 e.